The summed E-state index contributed by atoms with van der Waals surface area (Å²) in [6, 6.07) is 0.280. The summed E-state index contributed by atoms with van der Waals surface area (Å²) in [5.74, 6) is 0. The van der Waals surface area contributed by atoms with Crippen molar-refractivity contribution in [2.75, 3.05) is 26.7 Å². The highest BCUT2D eigenvalue weighted by molar-refractivity contribution is 5.77. The molecule has 0 bridgehead atoms. The maximum absolute atomic E-state index is 12.2. The van der Waals surface area contributed by atoms with Crippen LogP contribution in [-0.2, 0) is 0 Å². The van der Waals surface area contributed by atoms with Gasteiger partial charge in [-0.25, -0.2) is 9.78 Å². The Morgan fingerprint density at radius 2 is 2.25 bits per heavy atom. The number of carbonyl (C=O) groups excluding carboxylic acids is 1. The maximum Gasteiger partial charge on any atom is 0.329 e. The predicted octanol–water partition coefficient (Wildman–Crippen LogP) is 0.877. The molecule has 1 unspecified atom stereocenters. The highest BCUT2D eigenvalue weighted by Gasteiger charge is 2.24. The van der Waals surface area contributed by atoms with E-state index in [9.17, 15) is 4.79 Å². The maximum atomic E-state index is 12.2. The van der Waals surface area contributed by atoms with Gasteiger partial charge in [0.1, 0.15) is 6.33 Å². The average molecular weight is 222 g/mol. The first kappa shape index (κ1) is 11.1. The van der Waals surface area contributed by atoms with Gasteiger partial charge < -0.3 is 9.80 Å². The van der Waals surface area contributed by atoms with Gasteiger partial charge >= 0.3 is 6.03 Å². The summed E-state index contributed by atoms with van der Waals surface area (Å²) >= 11 is 0. The van der Waals surface area contributed by atoms with Crippen LogP contribution in [0.1, 0.15) is 13.3 Å². The van der Waals surface area contributed by atoms with Gasteiger partial charge in [0.25, 0.3) is 0 Å². The molecule has 88 valence electrons. The number of imidazole rings is 1. The molecular weight excluding hydrogens is 204 g/mol. The molecule has 5 heteroatoms. The minimum Gasteiger partial charge on any atom is -0.320 e. The number of rotatable bonds is 0. The van der Waals surface area contributed by atoms with Crippen LogP contribution in [0.5, 0.6) is 0 Å². The molecule has 16 heavy (non-hydrogen) atoms. The summed E-state index contributed by atoms with van der Waals surface area (Å²) in [4.78, 5) is 20.3. The van der Waals surface area contributed by atoms with Crippen molar-refractivity contribution in [1.29, 1.82) is 0 Å². The van der Waals surface area contributed by atoms with Gasteiger partial charge in [-0.1, -0.05) is 0 Å². The van der Waals surface area contributed by atoms with Crippen LogP contribution < -0.4 is 0 Å². The zero-order valence-corrected chi connectivity index (χ0v) is 9.83. The molecule has 2 heterocycles. The number of hydrogen-bond donors (Lipinski definition) is 0. The molecule has 1 saturated heterocycles. The molecule has 0 aliphatic carbocycles. The lowest BCUT2D eigenvalue weighted by molar-refractivity contribution is 0.179. The lowest BCUT2D eigenvalue weighted by Gasteiger charge is -2.27. The van der Waals surface area contributed by atoms with Gasteiger partial charge in [-0.05, 0) is 26.9 Å². The third-order valence-electron chi connectivity index (χ3n) is 3.02. The first-order chi connectivity index (χ1) is 7.68. The minimum atomic E-state index is 0.0281. The molecular formula is C11H18N4O. The van der Waals surface area contributed by atoms with Crippen LogP contribution in [0.15, 0.2) is 18.7 Å². The summed E-state index contributed by atoms with van der Waals surface area (Å²) in [6.07, 6.45) is 5.92. The Labute approximate surface area is 95.7 Å². The molecule has 1 atom stereocenters. The van der Waals surface area contributed by atoms with E-state index in [4.69, 9.17) is 0 Å². The standard InChI is InChI=1S/C11H18N4O/c1-10-8-13(2)5-3-6-15(10)11(16)14-7-4-12-9-14/h4,7,9-10H,3,5-6,8H2,1-2H3. The third kappa shape index (κ3) is 2.24. The Hall–Kier alpha value is -1.36. The SMILES string of the molecule is CC1CN(C)CCCN1C(=O)n1ccnc1. The molecule has 0 N–H and O–H groups in total. The van der Waals surface area contributed by atoms with E-state index < -0.39 is 0 Å². The van der Waals surface area contributed by atoms with Crippen LogP contribution in [0.25, 0.3) is 0 Å². The minimum absolute atomic E-state index is 0.0281. The zero-order chi connectivity index (χ0) is 11.5. The van der Waals surface area contributed by atoms with Crippen LogP contribution in [0.4, 0.5) is 4.79 Å². The van der Waals surface area contributed by atoms with Crippen LogP contribution in [0.2, 0.25) is 0 Å². The Kier molecular flexibility index (Phi) is 3.24. The Balaban J connectivity index is 2.10. The third-order valence-corrected chi connectivity index (χ3v) is 3.02. The van der Waals surface area contributed by atoms with E-state index in [2.05, 4.69) is 23.9 Å². The number of nitrogens with zero attached hydrogens (tertiary/aromatic N) is 4. The Morgan fingerprint density at radius 3 is 2.94 bits per heavy atom. The quantitative estimate of drug-likeness (QED) is 0.654. The van der Waals surface area contributed by atoms with Crippen molar-refractivity contribution in [2.45, 2.75) is 19.4 Å². The molecule has 1 fully saturated rings. The van der Waals surface area contributed by atoms with Crippen molar-refractivity contribution in [3.8, 4) is 0 Å². The average Bonchev–Trinajstić information content (AvgIpc) is 2.71. The summed E-state index contributed by atoms with van der Waals surface area (Å²) in [6.45, 7) is 4.90. The molecule has 0 saturated carbocycles. The van der Waals surface area contributed by atoms with Crippen LogP contribution >= 0.6 is 0 Å². The predicted molar refractivity (Wildman–Crippen MR) is 61.3 cm³/mol. The fourth-order valence-electron chi connectivity index (χ4n) is 2.18. The van der Waals surface area contributed by atoms with Crippen molar-refractivity contribution >= 4 is 6.03 Å². The second-order valence-corrected chi connectivity index (χ2v) is 4.41. The van der Waals surface area contributed by atoms with E-state index in [-0.39, 0.29) is 12.1 Å². The molecule has 0 radical (unpaired) electrons. The van der Waals surface area contributed by atoms with Gasteiger partial charge in [0.15, 0.2) is 0 Å². The van der Waals surface area contributed by atoms with E-state index in [1.807, 2.05) is 4.90 Å². The molecule has 0 aromatic carbocycles. The smallest absolute Gasteiger partial charge is 0.320 e. The highest BCUT2D eigenvalue weighted by atomic mass is 16.2. The van der Waals surface area contributed by atoms with Gasteiger partial charge in [-0.15, -0.1) is 0 Å². The first-order valence-electron chi connectivity index (χ1n) is 5.66. The second-order valence-electron chi connectivity index (χ2n) is 4.41. The number of aromatic nitrogens is 2. The van der Waals surface area contributed by atoms with Gasteiger partial charge in [-0.3, -0.25) is 4.57 Å². The molecule has 1 amide bonds. The summed E-state index contributed by atoms with van der Waals surface area (Å²) < 4.78 is 1.54. The fraction of sp³-hybridized carbons (Fsp3) is 0.636. The number of amides is 1. The Bertz CT molecular complexity index is 349. The first-order valence-corrected chi connectivity index (χ1v) is 5.66. The topological polar surface area (TPSA) is 41.4 Å². The summed E-state index contributed by atoms with van der Waals surface area (Å²) in [5.41, 5.74) is 0. The van der Waals surface area contributed by atoms with E-state index in [0.29, 0.717) is 0 Å². The molecule has 1 aliphatic rings. The normalized spacial score (nSPS) is 23.1. The number of likely N-dealkylation sites (N-methyl/N-ethyl adjacent to an activating group) is 1. The largest absolute Gasteiger partial charge is 0.329 e. The van der Waals surface area contributed by atoms with Gasteiger partial charge in [0.2, 0.25) is 0 Å². The molecule has 5 nitrogen and oxygen atoms in total. The Morgan fingerprint density at radius 1 is 1.44 bits per heavy atom. The zero-order valence-electron chi connectivity index (χ0n) is 9.83. The van der Waals surface area contributed by atoms with E-state index in [1.54, 1.807) is 23.3 Å². The van der Waals surface area contributed by atoms with Crippen LogP contribution in [-0.4, -0.2) is 58.1 Å². The summed E-state index contributed by atoms with van der Waals surface area (Å²) in [5, 5.41) is 0. The molecule has 2 rings (SSSR count). The molecule has 0 spiro atoms. The van der Waals surface area contributed by atoms with Crippen molar-refractivity contribution in [3.05, 3.63) is 18.7 Å². The lowest BCUT2D eigenvalue weighted by atomic mass is 10.3. The van der Waals surface area contributed by atoms with Crippen molar-refractivity contribution in [1.82, 2.24) is 19.4 Å². The number of carbonyl (C=O) groups is 1. The molecule has 1 aromatic heterocycles. The van der Waals surface area contributed by atoms with E-state index >= 15 is 0 Å². The van der Waals surface area contributed by atoms with E-state index in [0.717, 1.165) is 26.1 Å². The number of hydrogen-bond acceptors (Lipinski definition) is 3. The van der Waals surface area contributed by atoms with Crippen LogP contribution in [0.3, 0.4) is 0 Å². The summed E-state index contributed by atoms with van der Waals surface area (Å²) in [7, 11) is 2.10. The van der Waals surface area contributed by atoms with Crippen LogP contribution in [0, 0.1) is 0 Å². The second kappa shape index (κ2) is 4.65. The fourth-order valence-corrected chi connectivity index (χ4v) is 2.18. The molecule has 1 aliphatic heterocycles. The lowest BCUT2D eigenvalue weighted by Crippen LogP contribution is -2.43. The van der Waals surface area contributed by atoms with Crippen molar-refractivity contribution in [3.63, 3.8) is 0 Å². The van der Waals surface area contributed by atoms with Gasteiger partial charge in [0.05, 0.1) is 0 Å². The van der Waals surface area contributed by atoms with Gasteiger partial charge in [0, 0.05) is 31.5 Å². The molecule has 1 aromatic rings. The van der Waals surface area contributed by atoms with Gasteiger partial charge in [-0.2, -0.15) is 0 Å². The van der Waals surface area contributed by atoms with E-state index in [1.165, 1.54) is 0 Å². The van der Waals surface area contributed by atoms with Crippen molar-refractivity contribution < 1.29 is 4.79 Å². The van der Waals surface area contributed by atoms with Crippen molar-refractivity contribution in [2.24, 2.45) is 0 Å². The highest BCUT2D eigenvalue weighted by Crippen LogP contribution is 2.10. The monoisotopic (exact) mass is 222 g/mol.